The normalized spacial score (nSPS) is 14.2. The standard InChI is InChI=1S/C75H98N12O20/c1-42(2)33-54(66(97)80-55(34-43(3)4)67(98)82-60(39-48-22-28-51(91)29-23-48)71(102)83-58(37-46-18-24-49(89)25-19-46)68(99)78-53(75(106)107)30-31-63(92)93)81-69(100)59(38-47-20-26-50(90)27-21-47)84-70(101)56(35-44-13-7-5-8-14-44)86-74(105)62(41-88)87-72(103)57(36-45-15-9-6-10-16-45)85-73(104)61(40-64(94)95)79-65(96)52(77)17-11-12-32-76/h5-10,13-16,18-29,42-43,52-62,88-91H,11-12,17,30-41,76-77H2,1-4H3,(H,78,99)(H,79,96)(H,80,97)(H,81,100)(H,82,98)(H,83,102)(H,84,101)(H,85,104)(H,86,105)(H,87,103)(H,92,93)(H,94,95)(H,106,107)/t52-,53-,54-,55-,56-,57-,58-,59-,60-,61-,62-/m0/s1. The molecule has 21 N–H and O–H groups in total. The number of carboxylic acids is 3. The van der Waals surface area contributed by atoms with Crippen LogP contribution in [0.2, 0.25) is 0 Å². The van der Waals surface area contributed by atoms with E-state index in [-0.39, 0.29) is 80.5 Å². The lowest BCUT2D eigenvalue weighted by Gasteiger charge is -2.29. The Balaban J connectivity index is 1.44. The van der Waals surface area contributed by atoms with E-state index < -0.39 is 169 Å². The number of rotatable bonds is 45. The van der Waals surface area contributed by atoms with Gasteiger partial charge in [-0.3, -0.25) is 57.5 Å². The number of hydrogen-bond acceptors (Lipinski definition) is 19. The Hall–Kier alpha value is -11.5. The number of amides is 10. The molecule has 0 saturated carbocycles. The molecule has 0 spiro atoms. The molecule has 0 radical (unpaired) electrons. The van der Waals surface area contributed by atoms with Crippen molar-refractivity contribution in [1.29, 1.82) is 0 Å². The largest absolute Gasteiger partial charge is 0.508 e. The second-order valence-electron chi connectivity index (χ2n) is 26.8. The van der Waals surface area contributed by atoms with Crippen LogP contribution in [0.25, 0.3) is 0 Å². The lowest BCUT2D eigenvalue weighted by Crippen LogP contribution is -2.62. The molecule has 5 aromatic carbocycles. The summed E-state index contributed by atoms with van der Waals surface area (Å²) in [5, 5.41) is 95.5. The lowest BCUT2D eigenvalue weighted by atomic mass is 9.98. The summed E-state index contributed by atoms with van der Waals surface area (Å²) < 4.78 is 0. The molecule has 32 nitrogen and oxygen atoms in total. The van der Waals surface area contributed by atoms with Gasteiger partial charge in [-0.2, -0.15) is 0 Å². The summed E-state index contributed by atoms with van der Waals surface area (Å²) in [6.45, 7) is 6.19. The summed E-state index contributed by atoms with van der Waals surface area (Å²) in [5.74, 6) is -15.5. The van der Waals surface area contributed by atoms with Gasteiger partial charge in [0, 0.05) is 38.5 Å². The lowest BCUT2D eigenvalue weighted by molar-refractivity contribution is -0.143. The molecule has 0 saturated heterocycles. The van der Waals surface area contributed by atoms with Gasteiger partial charge in [0.15, 0.2) is 0 Å². The van der Waals surface area contributed by atoms with Gasteiger partial charge in [0.05, 0.1) is 19.1 Å². The maximum atomic E-state index is 15.0. The number of benzene rings is 5. The molecule has 578 valence electrons. The van der Waals surface area contributed by atoms with Crippen molar-refractivity contribution >= 4 is 77.0 Å². The smallest absolute Gasteiger partial charge is 0.326 e. The third kappa shape index (κ3) is 30.6. The molecule has 5 aromatic rings. The number of aliphatic carboxylic acids is 3. The second-order valence-corrected chi connectivity index (χ2v) is 26.8. The number of phenolic OH excluding ortho intramolecular Hbond substituents is 3. The number of nitrogens with one attached hydrogen (secondary N) is 10. The highest BCUT2D eigenvalue weighted by atomic mass is 16.4. The molecule has 0 bridgehead atoms. The number of carboxylic acid groups (broad SMARTS) is 3. The van der Waals surface area contributed by atoms with Crippen molar-refractivity contribution < 1.29 is 98.1 Å². The highest BCUT2D eigenvalue weighted by molar-refractivity contribution is 6.00. The fraction of sp³-hybridized carbons (Fsp3) is 0.427. The molecular formula is C75H98N12O20. The zero-order chi connectivity index (χ0) is 78.9. The van der Waals surface area contributed by atoms with E-state index in [4.69, 9.17) is 11.5 Å². The Kier molecular flexibility index (Phi) is 35.2. The molecule has 0 aromatic heterocycles. The molecule has 0 aliphatic heterocycles. The number of carbonyl (C=O) groups excluding carboxylic acids is 10. The third-order valence-corrected chi connectivity index (χ3v) is 16.9. The monoisotopic (exact) mass is 1490 g/mol. The molecular weight excluding hydrogens is 1390 g/mol. The number of unbranched alkanes of at least 4 members (excludes halogenated alkanes) is 1. The molecule has 10 amide bonds. The number of phenols is 3. The molecule has 32 heteroatoms. The fourth-order valence-corrected chi connectivity index (χ4v) is 11.2. The minimum absolute atomic E-state index is 0.0748. The SMILES string of the molecule is CC(C)C[C@H](NC(=O)[C@H](CC(C)C)NC(=O)[C@H](Cc1ccc(O)cc1)NC(=O)[C@H](Cc1ccccc1)NC(=O)[C@H](CO)NC(=O)[C@H](Cc1ccccc1)NC(=O)[C@H](CC(=O)O)NC(=O)[C@@H](N)CCCCN)C(=O)N[C@@H](Cc1ccc(O)cc1)C(=O)N[C@@H](Cc1ccc(O)cc1)C(=O)N[C@@H](CCC(=O)O)C(=O)O. The topological polar surface area (TPSA) is 536 Å². The number of aromatic hydroxyl groups is 3. The van der Waals surface area contributed by atoms with Crippen molar-refractivity contribution in [3.63, 3.8) is 0 Å². The summed E-state index contributed by atoms with van der Waals surface area (Å²) >= 11 is 0. The van der Waals surface area contributed by atoms with E-state index in [1.54, 1.807) is 88.4 Å². The van der Waals surface area contributed by atoms with Gasteiger partial charge in [-0.1, -0.05) is 131 Å². The van der Waals surface area contributed by atoms with Crippen LogP contribution in [-0.2, 0) is 94.4 Å². The zero-order valence-electron chi connectivity index (χ0n) is 59.9. The Labute approximate surface area is 618 Å². The van der Waals surface area contributed by atoms with Gasteiger partial charge in [-0.15, -0.1) is 0 Å². The van der Waals surface area contributed by atoms with Crippen LogP contribution in [0.15, 0.2) is 133 Å². The Morgan fingerprint density at radius 2 is 0.617 bits per heavy atom. The van der Waals surface area contributed by atoms with Gasteiger partial charge in [-0.25, -0.2) is 4.79 Å². The van der Waals surface area contributed by atoms with Gasteiger partial charge in [0.1, 0.15) is 77.7 Å². The minimum atomic E-state index is -1.85. The Bertz CT molecular complexity index is 3800. The summed E-state index contributed by atoms with van der Waals surface area (Å²) in [6.07, 6.45) is -2.54. The summed E-state index contributed by atoms with van der Waals surface area (Å²) in [7, 11) is 0. The van der Waals surface area contributed by atoms with Crippen LogP contribution in [0.5, 0.6) is 17.2 Å². The number of aliphatic hydroxyl groups is 1. The van der Waals surface area contributed by atoms with E-state index >= 15 is 4.79 Å². The van der Waals surface area contributed by atoms with Crippen molar-refractivity contribution in [1.82, 2.24) is 53.2 Å². The van der Waals surface area contributed by atoms with Gasteiger partial charge < -0.3 is 100 Å². The summed E-state index contributed by atoms with van der Waals surface area (Å²) in [5.41, 5.74) is 13.7. The van der Waals surface area contributed by atoms with E-state index in [0.717, 1.165) is 0 Å². The van der Waals surface area contributed by atoms with Gasteiger partial charge in [0.2, 0.25) is 59.1 Å². The van der Waals surface area contributed by atoms with Gasteiger partial charge in [0.25, 0.3) is 0 Å². The van der Waals surface area contributed by atoms with Crippen LogP contribution in [-0.4, -0.2) is 192 Å². The van der Waals surface area contributed by atoms with Crippen molar-refractivity contribution in [3.8, 4) is 17.2 Å². The molecule has 0 heterocycles. The molecule has 0 aliphatic carbocycles. The average molecular weight is 1490 g/mol. The fourth-order valence-electron chi connectivity index (χ4n) is 11.2. The average Bonchev–Trinajstić information content (AvgIpc) is 0.508. The number of nitrogens with two attached hydrogens (primary N) is 2. The summed E-state index contributed by atoms with van der Waals surface area (Å²) in [4.78, 5) is 180. The van der Waals surface area contributed by atoms with Crippen LogP contribution in [0, 0.1) is 11.8 Å². The maximum absolute atomic E-state index is 15.0. The molecule has 0 aliphatic rings. The van der Waals surface area contributed by atoms with E-state index in [2.05, 4.69) is 53.2 Å². The van der Waals surface area contributed by atoms with Crippen LogP contribution in [0.1, 0.15) is 107 Å². The first-order valence-electron chi connectivity index (χ1n) is 35.0. The molecule has 0 fully saturated rings. The third-order valence-electron chi connectivity index (χ3n) is 16.9. The quantitative estimate of drug-likeness (QED) is 0.0230. The highest BCUT2D eigenvalue weighted by Crippen LogP contribution is 2.19. The van der Waals surface area contributed by atoms with Gasteiger partial charge in [-0.05, 0) is 115 Å². The first-order valence-corrected chi connectivity index (χ1v) is 35.0. The maximum Gasteiger partial charge on any atom is 0.326 e. The van der Waals surface area contributed by atoms with Crippen molar-refractivity contribution in [2.75, 3.05) is 13.2 Å². The van der Waals surface area contributed by atoms with E-state index in [0.29, 0.717) is 47.2 Å². The Morgan fingerprint density at radius 3 is 0.916 bits per heavy atom. The van der Waals surface area contributed by atoms with Gasteiger partial charge >= 0.3 is 17.9 Å². The number of aliphatic hydroxyl groups excluding tert-OH is 1. The van der Waals surface area contributed by atoms with Crippen LogP contribution in [0.3, 0.4) is 0 Å². The molecule has 5 rings (SSSR count). The predicted molar refractivity (Wildman–Crippen MR) is 389 cm³/mol. The van der Waals surface area contributed by atoms with Crippen LogP contribution < -0.4 is 64.6 Å². The first kappa shape index (κ1) is 86.1. The molecule has 11 atom stereocenters. The van der Waals surface area contributed by atoms with E-state index in [1.165, 1.54) is 72.8 Å². The molecule has 107 heavy (non-hydrogen) atoms. The number of hydrogen-bond donors (Lipinski definition) is 19. The van der Waals surface area contributed by atoms with Crippen LogP contribution >= 0.6 is 0 Å². The summed E-state index contributed by atoms with van der Waals surface area (Å²) in [6, 6.07) is 15.7. The minimum Gasteiger partial charge on any atom is -0.508 e. The first-order chi connectivity index (χ1) is 50.8. The second kappa shape index (κ2) is 43.7. The Morgan fingerprint density at radius 1 is 0.336 bits per heavy atom. The van der Waals surface area contributed by atoms with Crippen molar-refractivity contribution in [2.45, 2.75) is 178 Å². The molecule has 0 unspecified atom stereocenters. The zero-order valence-corrected chi connectivity index (χ0v) is 59.9. The highest BCUT2D eigenvalue weighted by Gasteiger charge is 2.38. The van der Waals surface area contributed by atoms with E-state index in [1.807, 2.05) is 0 Å². The van der Waals surface area contributed by atoms with Crippen molar-refractivity contribution in [2.24, 2.45) is 23.3 Å². The predicted octanol–water partition coefficient (Wildman–Crippen LogP) is 0.130. The van der Waals surface area contributed by atoms with Crippen LogP contribution in [0.4, 0.5) is 0 Å². The number of carbonyl (C=O) groups is 13. The van der Waals surface area contributed by atoms with Crippen molar-refractivity contribution in [3.05, 3.63) is 161 Å². The van der Waals surface area contributed by atoms with E-state index in [9.17, 15) is 93.3 Å².